The third-order valence-corrected chi connectivity index (χ3v) is 7.84. The van der Waals surface area contributed by atoms with Crippen LogP contribution in [-0.2, 0) is 11.3 Å². The number of nitrogens with zero attached hydrogens (tertiary/aromatic N) is 3. The van der Waals surface area contributed by atoms with Crippen LogP contribution in [0.15, 0.2) is 18.2 Å². The Morgan fingerprint density at radius 3 is 2.47 bits per heavy atom. The van der Waals surface area contributed by atoms with E-state index in [2.05, 4.69) is 14.5 Å². The second-order valence-corrected chi connectivity index (χ2v) is 10.2. The molecule has 0 aliphatic carbocycles. The minimum Gasteiger partial charge on any atom is -0.437 e. The van der Waals surface area contributed by atoms with E-state index in [1.807, 2.05) is 18.2 Å². The number of likely N-dealkylation sites (tertiary alicyclic amines) is 2. The van der Waals surface area contributed by atoms with E-state index in [1.165, 1.54) is 4.90 Å². The first-order valence-corrected chi connectivity index (χ1v) is 12.4. The van der Waals surface area contributed by atoms with Crippen molar-refractivity contribution in [3.8, 4) is 0 Å². The summed E-state index contributed by atoms with van der Waals surface area (Å²) in [6.07, 6.45) is -3.91. The highest BCUT2D eigenvalue weighted by Gasteiger charge is 2.45. The van der Waals surface area contributed by atoms with Crippen molar-refractivity contribution in [2.24, 2.45) is 0 Å². The zero-order chi connectivity index (χ0) is 24.5. The van der Waals surface area contributed by atoms with Crippen LogP contribution in [0.25, 0.3) is 0 Å². The Bertz CT molecular complexity index is 868. The van der Waals surface area contributed by atoms with E-state index in [0.717, 1.165) is 44.1 Å². The summed E-state index contributed by atoms with van der Waals surface area (Å²) in [6.45, 7) is 4.55. The van der Waals surface area contributed by atoms with E-state index >= 15 is 0 Å². The van der Waals surface area contributed by atoms with Crippen LogP contribution in [0.1, 0.15) is 51.0 Å². The van der Waals surface area contributed by atoms with Gasteiger partial charge in [-0.3, -0.25) is 4.90 Å². The summed E-state index contributed by atoms with van der Waals surface area (Å²) in [4.78, 5) is 18.3. The van der Waals surface area contributed by atoms with Crippen LogP contribution in [0.3, 0.4) is 0 Å². The molecule has 1 aromatic carbocycles. The lowest BCUT2D eigenvalue weighted by atomic mass is 9.84. The SMILES string of the molecule is CC(OC(=O)N1CCC2(CCCN2Cc2ccc(Cl)cc2N2CCC(F)CC2)CC1)C(F)(F)F. The van der Waals surface area contributed by atoms with Gasteiger partial charge in [0.15, 0.2) is 6.10 Å². The molecule has 3 fully saturated rings. The van der Waals surface area contributed by atoms with Crippen molar-refractivity contribution in [3.63, 3.8) is 0 Å². The van der Waals surface area contributed by atoms with Crippen molar-refractivity contribution >= 4 is 23.4 Å². The first-order valence-electron chi connectivity index (χ1n) is 12.0. The Morgan fingerprint density at radius 2 is 1.82 bits per heavy atom. The van der Waals surface area contributed by atoms with Crippen molar-refractivity contribution in [3.05, 3.63) is 28.8 Å². The van der Waals surface area contributed by atoms with Gasteiger partial charge in [-0.1, -0.05) is 17.7 Å². The summed E-state index contributed by atoms with van der Waals surface area (Å²) in [7, 11) is 0. The third-order valence-electron chi connectivity index (χ3n) is 7.61. The van der Waals surface area contributed by atoms with Gasteiger partial charge in [0.1, 0.15) is 6.17 Å². The van der Waals surface area contributed by atoms with Gasteiger partial charge >= 0.3 is 12.3 Å². The number of halogens is 5. The molecule has 3 aliphatic heterocycles. The lowest BCUT2D eigenvalue weighted by molar-refractivity contribution is -0.200. The largest absolute Gasteiger partial charge is 0.437 e. The van der Waals surface area contributed by atoms with Crippen LogP contribution < -0.4 is 4.90 Å². The molecule has 1 aromatic rings. The van der Waals surface area contributed by atoms with E-state index in [0.29, 0.717) is 56.9 Å². The van der Waals surface area contributed by atoms with E-state index < -0.39 is 24.5 Å². The van der Waals surface area contributed by atoms with Gasteiger partial charge in [-0.25, -0.2) is 9.18 Å². The predicted molar refractivity (Wildman–Crippen MR) is 123 cm³/mol. The molecule has 3 aliphatic rings. The molecule has 3 saturated heterocycles. The van der Waals surface area contributed by atoms with Crippen molar-refractivity contribution in [2.75, 3.05) is 37.6 Å². The van der Waals surface area contributed by atoms with Gasteiger partial charge < -0.3 is 14.5 Å². The molecular weight excluding hydrogens is 474 g/mol. The monoisotopic (exact) mass is 505 g/mol. The number of carbonyl (C=O) groups excluding carboxylic acids is 1. The summed E-state index contributed by atoms with van der Waals surface area (Å²) >= 11 is 6.30. The highest BCUT2D eigenvalue weighted by Crippen LogP contribution is 2.41. The quantitative estimate of drug-likeness (QED) is 0.485. The number of anilines is 1. The van der Waals surface area contributed by atoms with Crippen LogP contribution in [0.5, 0.6) is 0 Å². The number of piperidine rings is 2. The van der Waals surface area contributed by atoms with Crippen LogP contribution >= 0.6 is 11.6 Å². The zero-order valence-corrected chi connectivity index (χ0v) is 20.2. The van der Waals surface area contributed by atoms with Gasteiger partial charge in [0, 0.05) is 49.0 Å². The van der Waals surface area contributed by atoms with Crippen LogP contribution in [0.4, 0.5) is 28.0 Å². The number of hydrogen-bond acceptors (Lipinski definition) is 4. The lowest BCUT2D eigenvalue weighted by Gasteiger charge is -2.45. The molecule has 4 rings (SSSR count). The minimum atomic E-state index is -4.56. The first-order chi connectivity index (χ1) is 16.1. The Morgan fingerprint density at radius 1 is 1.15 bits per heavy atom. The maximum Gasteiger partial charge on any atom is 0.425 e. The fourth-order valence-corrected chi connectivity index (χ4v) is 5.63. The number of hydrogen-bond donors (Lipinski definition) is 0. The summed E-state index contributed by atoms with van der Waals surface area (Å²) < 4.78 is 56.6. The molecule has 34 heavy (non-hydrogen) atoms. The van der Waals surface area contributed by atoms with Crippen LogP contribution in [0.2, 0.25) is 5.02 Å². The predicted octanol–water partition coefficient (Wildman–Crippen LogP) is 5.80. The second-order valence-electron chi connectivity index (χ2n) is 9.74. The molecule has 0 N–H and O–H groups in total. The van der Waals surface area contributed by atoms with Gasteiger partial charge in [-0.15, -0.1) is 0 Å². The van der Waals surface area contributed by atoms with Crippen LogP contribution in [-0.4, -0.2) is 72.6 Å². The number of carbonyl (C=O) groups is 1. The van der Waals surface area contributed by atoms with Gasteiger partial charge in [0.2, 0.25) is 0 Å². The molecule has 1 atom stereocenters. The first kappa shape index (κ1) is 25.4. The standard InChI is InChI=1S/C24H32ClF4N3O2/c1-17(24(27,28)29)34-22(33)31-13-8-23(9-14-31)7-2-10-32(23)16-18-3-4-19(25)15-21(18)30-11-5-20(26)6-12-30/h3-4,15,17,20H,2,5-14,16H2,1H3. The van der Waals surface area contributed by atoms with Crippen LogP contribution in [0, 0.1) is 0 Å². The molecule has 5 nitrogen and oxygen atoms in total. The molecular formula is C24H32ClF4N3O2. The lowest BCUT2D eigenvalue weighted by Crippen LogP contribution is -2.53. The molecule has 1 spiro atoms. The molecule has 0 bridgehead atoms. The highest BCUT2D eigenvalue weighted by molar-refractivity contribution is 6.30. The number of alkyl halides is 4. The summed E-state index contributed by atoms with van der Waals surface area (Å²) in [6, 6.07) is 5.88. The maximum atomic E-state index is 13.7. The normalized spacial score (nSPS) is 22.9. The van der Waals surface area contributed by atoms with Gasteiger partial charge in [-0.2, -0.15) is 13.2 Å². The number of ether oxygens (including phenoxy) is 1. The zero-order valence-electron chi connectivity index (χ0n) is 19.4. The van der Waals surface area contributed by atoms with Crippen molar-refractivity contribution in [1.29, 1.82) is 0 Å². The van der Waals surface area contributed by atoms with Gasteiger partial charge in [-0.05, 0) is 69.7 Å². The second kappa shape index (κ2) is 10.1. The maximum absolute atomic E-state index is 13.7. The molecule has 0 aromatic heterocycles. The Hall–Kier alpha value is -1.74. The van der Waals surface area contributed by atoms with E-state index in [-0.39, 0.29) is 5.54 Å². The Labute approximate surface area is 203 Å². The van der Waals surface area contributed by atoms with Gasteiger partial charge in [0.05, 0.1) is 0 Å². The smallest absolute Gasteiger partial charge is 0.425 e. The molecule has 0 saturated carbocycles. The topological polar surface area (TPSA) is 36.0 Å². The average molecular weight is 506 g/mol. The molecule has 10 heteroatoms. The average Bonchev–Trinajstić information content (AvgIpc) is 3.16. The number of benzene rings is 1. The van der Waals surface area contributed by atoms with Gasteiger partial charge in [0.25, 0.3) is 0 Å². The van der Waals surface area contributed by atoms with Crippen molar-refractivity contribution in [1.82, 2.24) is 9.80 Å². The summed E-state index contributed by atoms with van der Waals surface area (Å²) in [5.41, 5.74) is 2.10. The summed E-state index contributed by atoms with van der Waals surface area (Å²) in [5, 5.41) is 0.650. The number of amides is 1. The Balaban J connectivity index is 1.42. The molecule has 1 amide bonds. The fraction of sp³-hybridized carbons (Fsp3) is 0.708. The van der Waals surface area contributed by atoms with E-state index in [4.69, 9.17) is 11.6 Å². The van der Waals surface area contributed by atoms with E-state index in [9.17, 15) is 22.4 Å². The number of rotatable bonds is 4. The fourth-order valence-electron chi connectivity index (χ4n) is 5.46. The Kier molecular flexibility index (Phi) is 7.53. The molecule has 190 valence electrons. The van der Waals surface area contributed by atoms with E-state index in [1.54, 1.807) is 0 Å². The highest BCUT2D eigenvalue weighted by atomic mass is 35.5. The minimum absolute atomic E-state index is 0.0880. The third kappa shape index (κ3) is 5.56. The molecule has 1 unspecified atom stereocenters. The van der Waals surface area contributed by atoms with Crippen molar-refractivity contribution in [2.45, 2.75) is 76.0 Å². The molecule has 3 heterocycles. The summed E-state index contributed by atoms with van der Waals surface area (Å²) in [5.74, 6) is 0. The molecule has 0 radical (unpaired) electrons. The van der Waals surface area contributed by atoms with Crippen molar-refractivity contribution < 1.29 is 27.1 Å².